The van der Waals surface area contributed by atoms with Crippen LogP contribution in [0.15, 0.2) is 18.6 Å². The Morgan fingerprint density at radius 2 is 1.92 bits per heavy atom. The minimum atomic E-state index is -4.72. The van der Waals surface area contributed by atoms with Gasteiger partial charge in [-0.25, -0.2) is 10.2 Å². The fraction of sp³-hybridized carbons (Fsp3) is 0.565. The minimum Gasteiger partial charge on any atom is -0.361 e. The van der Waals surface area contributed by atoms with Crippen molar-refractivity contribution >= 4 is 18.2 Å². The van der Waals surface area contributed by atoms with Gasteiger partial charge in [-0.15, -0.1) is 0 Å². The molecule has 1 fully saturated rings. The van der Waals surface area contributed by atoms with Gasteiger partial charge >= 0.3 is 6.18 Å². The van der Waals surface area contributed by atoms with Crippen LogP contribution in [0.2, 0.25) is 12.6 Å². The number of alkyl halides is 3. The van der Waals surface area contributed by atoms with Crippen molar-refractivity contribution in [2.75, 3.05) is 31.6 Å². The minimum absolute atomic E-state index is 0.0615. The third-order valence-electron chi connectivity index (χ3n) is 6.40. The number of aryl methyl sites for hydroxylation is 1. The number of rotatable bonds is 9. The van der Waals surface area contributed by atoms with E-state index in [1.165, 1.54) is 15.6 Å². The summed E-state index contributed by atoms with van der Waals surface area (Å²) in [5.41, 5.74) is 0.626. The Balaban J connectivity index is 2.01. The SMILES string of the molecule is CCOCN(COCC)c1c(C(F)(F)F)c(C2CCCB(C#N)C2)nc2c(-c3cnn(C)c3)cnn12. The van der Waals surface area contributed by atoms with E-state index in [1.54, 1.807) is 38.0 Å². The van der Waals surface area contributed by atoms with Crippen molar-refractivity contribution in [2.24, 2.45) is 7.05 Å². The standard InChI is InChI=1S/C23H29BF3N7O2/c1-4-35-14-33(15-36-5-2)22-19(23(25,26)27)20(16-7-6-8-24(9-16)13-28)31-21-18(11-30-34(21)22)17-10-29-32(3)12-17/h10-12,16H,4-9,14-15H2,1-3H3. The summed E-state index contributed by atoms with van der Waals surface area (Å²) in [5, 5.41) is 18.0. The number of halogens is 3. The van der Waals surface area contributed by atoms with E-state index in [9.17, 15) is 18.4 Å². The van der Waals surface area contributed by atoms with Gasteiger partial charge < -0.3 is 14.4 Å². The van der Waals surface area contributed by atoms with Crippen LogP contribution < -0.4 is 4.90 Å². The zero-order valence-corrected chi connectivity index (χ0v) is 20.6. The molecule has 4 rings (SSSR count). The molecule has 0 amide bonds. The van der Waals surface area contributed by atoms with Gasteiger partial charge in [-0.3, -0.25) is 4.68 Å². The van der Waals surface area contributed by atoms with Crippen molar-refractivity contribution in [3.05, 3.63) is 29.8 Å². The molecular formula is C23H29BF3N7O2. The number of ether oxygens (including phenoxy) is 2. The molecule has 13 heteroatoms. The molecule has 0 aromatic carbocycles. The van der Waals surface area contributed by atoms with Crippen molar-refractivity contribution in [1.82, 2.24) is 24.4 Å². The fourth-order valence-corrected chi connectivity index (χ4v) is 4.74. The van der Waals surface area contributed by atoms with Crippen molar-refractivity contribution in [3.8, 4) is 17.1 Å². The highest BCUT2D eigenvalue weighted by Gasteiger charge is 2.44. The van der Waals surface area contributed by atoms with Gasteiger partial charge in [0.15, 0.2) is 5.65 Å². The number of nitrogens with zero attached hydrogens (tertiary/aromatic N) is 7. The monoisotopic (exact) mass is 503 g/mol. The predicted molar refractivity (Wildman–Crippen MR) is 129 cm³/mol. The first-order chi connectivity index (χ1) is 17.3. The number of fused-ring (bicyclic) bond motifs is 1. The molecule has 3 aromatic heterocycles. The van der Waals surface area contributed by atoms with Crippen molar-refractivity contribution in [1.29, 1.82) is 5.26 Å². The van der Waals surface area contributed by atoms with Gasteiger partial charge in [0.1, 0.15) is 24.8 Å². The Labute approximate surface area is 207 Å². The van der Waals surface area contributed by atoms with Crippen molar-refractivity contribution in [3.63, 3.8) is 0 Å². The highest BCUT2D eigenvalue weighted by Crippen LogP contribution is 2.45. The summed E-state index contributed by atoms with van der Waals surface area (Å²) in [4.78, 5) is 6.01. The second-order valence-electron chi connectivity index (χ2n) is 8.86. The highest BCUT2D eigenvalue weighted by molar-refractivity contribution is 6.67. The van der Waals surface area contributed by atoms with Crippen LogP contribution in [0, 0.1) is 11.2 Å². The maximum Gasteiger partial charge on any atom is 0.421 e. The Bertz CT molecular complexity index is 1230. The van der Waals surface area contributed by atoms with Crippen LogP contribution in [0.3, 0.4) is 0 Å². The first kappa shape index (κ1) is 26.0. The van der Waals surface area contributed by atoms with Gasteiger partial charge in [0.2, 0.25) is 0 Å². The molecule has 0 aliphatic carbocycles. The number of hydrogen-bond acceptors (Lipinski definition) is 7. The molecule has 192 valence electrons. The summed E-state index contributed by atoms with van der Waals surface area (Å²) in [7, 11) is 1.76. The molecule has 1 saturated heterocycles. The summed E-state index contributed by atoms with van der Waals surface area (Å²) in [6.45, 7) is 3.63. The van der Waals surface area contributed by atoms with Gasteiger partial charge in [0, 0.05) is 43.6 Å². The van der Waals surface area contributed by atoms with Gasteiger partial charge in [0.25, 0.3) is 6.71 Å². The van der Waals surface area contributed by atoms with Gasteiger partial charge in [-0.2, -0.15) is 27.9 Å². The van der Waals surface area contributed by atoms with E-state index < -0.39 is 17.7 Å². The summed E-state index contributed by atoms with van der Waals surface area (Å²) in [6.07, 6.45) is 2.37. The topological polar surface area (TPSA) is 93.5 Å². The molecule has 3 aromatic rings. The Kier molecular flexibility index (Phi) is 7.85. The van der Waals surface area contributed by atoms with Gasteiger partial charge in [0.05, 0.1) is 18.1 Å². The van der Waals surface area contributed by atoms with Crippen LogP contribution in [-0.2, 0) is 22.7 Å². The Morgan fingerprint density at radius 3 is 2.50 bits per heavy atom. The molecule has 1 aliphatic heterocycles. The molecule has 1 aliphatic rings. The molecule has 1 atom stereocenters. The van der Waals surface area contributed by atoms with E-state index in [1.807, 2.05) is 0 Å². The van der Waals surface area contributed by atoms with E-state index in [0.29, 0.717) is 49.8 Å². The van der Waals surface area contributed by atoms with Crippen molar-refractivity contribution < 1.29 is 22.6 Å². The highest BCUT2D eigenvalue weighted by atomic mass is 19.4. The lowest BCUT2D eigenvalue weighted by Gasteiger charge is -2.31. The number of anilines is 1. The van der Waals surface area contributed by atoms with Crippen LogP contribution >= 0.6 is 0 Å². The second-order valence-corrected chi connectivity index (χ2v) is 8.86. The average Bonchev–Trinajstić information content (AvgIpc) is 3.48. The van der Waals surface area contributed by atoms with E-state index in [2.05, 4.69) is 21.1 Å². The summed E-state index contributed by atoms with van der Waals surface area (Å²) in [5.74, 6) is 1.54. The lowest BCUT2D eigenvalue weighted by atomic mass is 9.40. The lowest BCUT2D eigenvalue weighted by Crippen LogP contribution is -2.35. The zero-order valence-electron chi connectivity index (χ0n) is 20.6. The van der Waals surface area contributed by atoms with Gasteiger partial charge in [-0.1, -0.05) is 19.1 Å². The zero-order chi connectivity index (χ0) is 25.9. The van der Waals surface area contributed by atoms with Gasteiger partial charge in [-0.05, 0) is 26.2 Å². The molecule has 0 spiro atoms. The molecule has 9 nitrogen and oxygen atoms in total. The first-order valence-corrected chi connectivity index (χ1v) is 12.1. The maximum atomic E-state index is 14.8. The number of nitriles is 1. The Morgan fingerprint density at radius 1 is 1.19 bits per heavy atom. The smallest absolute Gasteiger partial charge is 0.361 e. The molecule has 1 unspecified atom stereocenters. The maximum absolute atomic E-state index is 14.8. The van der Waals surface area contributed by atoms with Crippen LogP contribution in [0.1, 0.15) is 43.9 Å². The third kappa shape index (κ3) is 5.20. The number of hydrogen-bond donors (Lipinski definition) is 0. The summed E-state index contributed by atoms with van der Waals surface area (Å²) >= 11 is 0. The Hall–Kier alpha value is -3.11. The fourth-order valence-electron chi connectivity index (χ4n) is 4.74. The first-order valence-electron chi connectivity index (χ1n) is 12.1. The van der Waals surface area contributed by atoms with Crippen LogP contribution in [-0.4, -0.2) is 57.8 Å². The quantitative estimate of drug-likeness (QED) is 0.316. The van der Waals surface area contributed by atoms with E-state index in [0.717, 1.165) is 0 Å². The molecule has 4 heterocycles. The average molecular weight is 503 g/mol. The normalized spacial score (nSPS) is 16.5. The summed E-state index contributed by atoms with van der Waals surface area (Å²) in [6, 6.07) is 0. The molecular weight excluding hydrogens is 474 g/mol. The number of aromatic nitrogens is 5. The molecule has 0 saturated carbocycles. The molecule has 36 heavy (non-hydrogen) atoms. The molecule has 0 N–H and O–H groups in total. The largest absolute Gasteiger partial charge is 0.421 e. The predicted octanol–water partition coefficient (Wildman–Crippen LogP) is 4.38. The van der Waals surface area contributed by atoms with E-state index in [-0.39, 0.29) is 37.3 Å². The van der Waals surface area contributed by atoms with E-state index in [4.69, 9.17) is 9.47 Å². The molecule has 0 radical (unpaired) electrons. The second kappa shape index (κ2) is 10.9. The molecule has 0 bridgehead atoms. The third-order valence-corrected chi connectivity index (χ3v) is 6.40. The van der Waals surface area contributed by atoms with Crippen LogP contribution in [0.4, 0.5) is 19.0 Å². The lowest BCUT2D eigenvalue weighted by molar-refractivity contribution is -0.138. The van der Waals surface area contributed by atoms with Crippen molar-refractivity contribution in [2.45, 2.75) is 51.4 Å². The van der Waals surface area contributed by atoms with E-state index >= 15 is 0 Å². The summed E-state index contributed by atoms with van der Waals surface area (Å²) < 4.78 is 58.4. The van der Waals surface area contributed by atoms with Crippen LogP contribution in [0.5, 0.6) is 0 Å². The van der Waals surface area contributed by atoms with Crippen LogP contribution in [0.25, 0.3) is 16.8 Å².